The maximum absolute atomic E-state index is 11.2. The number of benzene rings is 2. The molecule has 0 radical (unpaired) electrons. The van der Waals surface area contributed by atoms with Crippen molar-refractivity contribution in [2.45, 2.75) is 13.5 Å². The van der Waals surface area contributed by atoms with Crippen LogP contribution in [0.25, 0.3) is 20.7 Å². The highest BCUT2D eigenvalue weighted by Crippen LogP contribution is 2.35. The minimum absolute atomic E-state index is 0.0830. The molecule has 0 saturated carbocycles. The van der Waals surface area contributed by atoms with Crippen LogP contribution < -0.4 is 10.6 Å². The van der Waals surface area contributed by atoms with E-state index < -0.39 is 0 Å². The van der Waals surface area contributed by atoms with E-state index in [1.807, 2.05) is 48.5 Å². The monoisotopic (exact) mass is 408 g/mol. The van der Waals surface area contributed by atoms with Crippen LogP contribution >= 0.6 is 22.9 Å². The standard InChI is InChI=1S/C21H17ClN4OS/c1-13(27)26-17-7-5-15(6-8-17)19-10-18-20(24-12-25-21(18)28-19)23-11-14-3-2-4-16(22)9-14/h2-10,12H,11H2,1H3,(H,26,27)(H,23,24,25). The van der Waals surface area contributed by atoms with E-state index in [9.17, 15) is 4.79 Å². The first-order valence-corrected chi connectivity index (χ1v) is 9.89. The maximum atomic E-state index is 11.2. The SMILES string of the molecule is CC(=O)Nc1ccc(-c2cc3c(NCc4cccc(Cl)c4)ncnc3s2)cc1. The molecule has 0 aliphatic carbocycles. The molecule has 0 unspecified atom stereocenters. The van der Waals surface area contributed by atoms with Crippen molar-refractivity contribution in [3.8, 4) is 10.4 Å². The van der Waals surface area contributed by atoms with Crippen LogP contribution in [0.1, 0.15) is 12.5 Å². The first-order valence-electron chi connectivity index (χ1n) is 8.69. The van der Waals surface area contributed by atoms with Gasteiger partial charge in [0.2, 0.25) is 5.91 Å². The lowest BCUT2D eigenvalue weighted by molar-refractivity contribution is -0.114. The fourth-order valence-corrected chi connectivity index (χ4v) is 4.11. The number of rotatable bonds is 5. The number of carbonyl (C=O) groups excluding carboxylic acids is 1. The molecule has 0 spiro atoms. The van der Waals surface area contributed by atoms with Crippen molar-refractivity contribution in [1.29, 1.82) is 0 Å². The van der Waals surface area contributed by atoms with Gasteiger partial charge in [-0.25, -0.2) is 9.97 Å². The molecule has 2 aromatic carbocycles. The highest BCUT2D eigenvalue weighted by atomic mass is 35.5. The first-order chi connectivity index (χ1) is 13.6. The van der Waals surface area contributed by atoms with E-state index in [0.29, 0.717) is 11.6 Å². The Morgan fingerprint density at radius 3 is 2.68 bits per heavy atom. The van der Waals surface area contributed by atoms with Gasteiger partial charge >= 0.3 is 0 Å². The van der Waals surface area contributed by atoms with Gasteiger partial charge in [0.15, 0.2) is 0 Å². The van der Waals surface area contributed by atoms with Crippen molar-refractivity contribution in [3.05, 3.63) is 71.5 Å². The summed E-state index contributed by atoms with van der Waals surface area (Å²) in [6.45, 7) is 2.12. The molecule has 1 amide bonds. The molecule has 7 heteroatoms. The number of hydrogen-bond acceptors (Lipinski definition) is 5. The van der Waals surface area contributed by atoms with Crippen molar-refractivity contribution in [2.75, 3.05) is 10.6 Å². The lowest BCUT2D eigenvalue weighted by atomic mass is 10.1. The molecule has 4 aromatic rings. The highest BCUT2D eigenvalue weighted by Gasteiger charge is 2.10. The van der Waals surface area contributed by atoms with Crippen LogP contribution in [0.4, 0.5) is 11.5 Å². The average Bonchev–Trinajstić information content (AvgIpc) is 3.11. The largest absolute Gasteiger partial charge is 0.365 e. The Hall–Kier alpha value is -2.96. The summed E-state index contributed by atoms with van der Waals surface area (Å²) in [5.74, 6) is 0.711. The molecule has 28 heavy (non-hydrogen) atoms. The topological polar surface area (TPSA) is 66.9 Å². The van der Waals surface area contributed by atoms with Crippen LogP contribution in [0, 0.1) is 0 Å². The van der Waals surface area contributed by atoms with Crippen LogP contribution in [0.15, 0.2) is 60.9 Å². The van der Waals surface area contributed by atoms with Gasteiger partial charge in [-0.3, -0.25) is 4.79 Å². The summed E-state index contributed by atoms with van der Waals surface area (Å²) in [5.41, 5.74) is 2.93. The summed E-state index contributed by atoms with van der Waals surface area (Å²) < 4.78 is 0. The van der Waals surface area contributed by atoms with E-state index >= 15 is 0 Å². The molecular weight excluding hydrogens is 392 g/mol. The van der Waals surface area contributed by atoms with Crippen molar-refractivity contribution in [2.24, 2.45) is 0 Å². The Labute approximate surface area is 171 Å². The molecule has 0 bridgehead atoms. The van der Waals surface area contributed by atoms with Crippen molar-refractivity contribution in [3.63, 3.8) is 0 Å². The third kappa shape index (κ3) is 4.13. The molecule has 4 rings (SSSR count). The minimum Gasteiger partial charge on any atom is -0.365 e. The quantitative estimate of drug-likeness (QED) is 0.452. The van der Waals surface area contributed by atoms with E-state index in [1.54, 1.807) is 17.7 Å². The number of anilines is 2. The van der Waals surface area contributed by atoms with Gasteiger partial charge in [-0.05, 0) is 41.5 Å². The number of nitrogens with zero attached hydrogens (tertiary/aromatic N) is 2. The summed E-state index contributed by atoms with van der Waals surface area (Å²) in [5, 5.41) is 7.85. The second-order valence-electron chi connectivity index (χ2n) is 6.29. The molecule has 0 aliphatic heterocycles. The number of carbonyl (C=O) groups is 1. The Morgan fingerprint density at radius 2 is 1.93 bits per heavy atom. The van der Waals surface area contributed by atoms with Gasteiger partial charge in [0.25, 0.3) is 0 Å². The van der Waals surface area contributed by atoms with Crippen molar-refractivity contribution >= 4 is 50.6 Å². The zero-order valence-corrected chi connectivity index (χ0v) is 16.6. The molecule has 0 atom stereocenters. The molecule has 2 N–H and O–H groups in total. The Balaban J connectivity index is 1.59. The average molecular weight is 409 g/mol. The predicted octanol–water partition coefficient (Wildman–Crippen LogP) is 5.58. The molecular formula is C21H17ClN4OS. The summed E-state index contributed by atoms with van der Waals surface area (Å²) in [6.07, 6.45) is 1.57. The van der Waals surface area contributed by atoms with Crippen LogP contribution in [-0.4, -0.2) is 15.9 Å². The van der Waals surface area contributed by atoms with E-state index in [2.05, 4.69) is 26.7 Å². The van der Waals surface area contributed by atoms with E-state index in [-0.39, 0.29) is 5.91 Å². The summed E-state index contributed by atoms with van der Waals surface area (Å²) >= 11 is 7.67. The smallest absolute Gasteiger partial charge is 0.221 e. The zero-order chi connectivity index (χ0) is 19.5. The van der Waals surface area contributed by atoms with Gasteiger partial charge in [0.05, 0.1) is 5.39 Å². The van der Waals surface area contributed by atoms with Gasteiger partial charge < -0.3 is 10.6 Å². The minimum atomic E-state index is -0.0830. The van der Waals surface area contributed by atoms with Crippen LogP contribution in [0.3, 0.4) is 0 Å². The lowest BCUT2D eigenvalue weighted by Crippen LogP contribution is -2.05. The number of fused-ring (bicyclic) bond motifs is 1. The number of aromatic nitrogens is 2. The first kappa shape index (κ1) is 18.4. The second-order valence-corrected chi connectivity index (χ2v) is 7.76. The van der Waals surface area contributed by atoms with E-state index in [0.717, 1.165) is 37.7 Å². The van der Waals surface area contributed by atoms with Gasteiger partial charge in [0.1, 0.15) is 17.0 Å². The molecule has 0 saturated heterocycles. The van der Waals surface area contributed by atoms with Gasteiger partial charge in [-0.1, -0.05) is 35.9 Å². The molecule has 2 aromatic heterocycles. The lowest BCUT2D eigenvalue weighted by Gasteiger charge is -2.06. The molecule has 5 nitrogen and oxygen atoms in total. The Morgan fingerprint density at radius 1 is 1.11 bits per heavy atom. The fourth-order valence-electron chi connectivity index (χ4n) is 2.89. The van der Waals surface area contributed by atoms with Gasteiger partial charge in [0, 0.05) is 29.1 Å². The number of nitrogens with one attached hydrogen (secondary N) is 2. The summed E-state index contributed by atoms with van der Waals surface area (Å²) in [7, 11) is 0. The summed E-state index contributed by atoms with van der Waals surface area (Å²) in [6, 6.07) is 17.6. The number of hydrogen-bond donors (Lipinski definition) is 2. The second kappa shape index (κ2) is 7.96. The molecule has 0 aliphatic rings. The van der Waals surface area contributed by atoms with Crippen LogP contribution in [0.2, 0.25) is 5.02 Å². The predicted molar refractivity (Wildman–Crippen MR) is 116 cm³/mol. The normalized spacial score (nSPS) is 10.8. The maximum Gasteiger partial charge on any atom is 0.221 e. The zero-order valence-electron chi connectivity index (χ0n) is 15.1. The molecule has 0 fully saturated rings. The number of amides is 1. The molecule has 140 valence electrons. The Bertz CT molecular complexity index is 1140. The Kier molecular flexibility index (Phi) is 5.23. The highest BCUT2D eigenvalue weighted by molar-refractivity contribution is 7.21. The third-order valence-electron chi connectivity index (χ3n) is 4.17. The van der Waals surface area contributed by atoms with Crippen molar-refractivity contribution < 1.29 is 4.79 Å². The van der Waals surface area contributed by atoms with E-state index in [1.165, 1.54) is 6.92 Å². The fraction of sp³-hybridized carbons (Fsp3) is 0.0952. The van der Waals surface area contributed by atoms with Gasteiger partial charge in [-0.15, -0.1) is 11.3 Å². The van der Waals surface area contributed by atoms with Crippen molar-refractivity contribution in [1.82, 2.24) is 9.97 Å². The van der Waals surface area contributed by atoms with E-state index in [4.69, 9.17) is 11.6 Å². The van der Waals surface area contributed by atoms with Gasteiger partial charge in [-0.2, -0.15) is 0 Å². The molecule has 2 heterocycles. The number of thiophene rings is 1. The summed E-state index contributed by atoms with van der Waals surface area (Å²) in [4.78, 5) is 22.0. The van der Waals surface area contributed by atoms with Crippen LogP contribution in [-0.2, 0) is 11.3 Å². The third-order valence-corrected chi connectivity index (χ3v) is 5.50. The number of halogens is 1. The van der Waals surface area contributed by atoms with Crippen LogP contribution in [0.5, 0.6) is 0 Å².